The second kappa shape index (κ2) is 8.50. The monoisotopic (exact) mass is 281 g/mol. The van der Waals surface area contributed by atoms with Crippen molar-refractivity contribution in [2.24, 2.45) is 11.5 Å². The lowest BCUT2D eigenvalue weighted by atomic mass is 10.00. The van der Waals surface area contributed by atoms with Gasteiger partial charge in [0, 0.05) is 6.04 Å². The highest BCUT2D eigenvalue weighted by molar-refractivity contribution is 5.98. The minimum Gasteiger partial charge on any atom is -0.496 e. The molecule has 5 N–H and O–H groups in total. The van der Waals surface area contributed by atoms with Crippen molar-refractivity contribution in [2.45, 2.75) is 37.8 Å². The van der Waals surface area contributed by atoms with Gasteiger partial charge in [0.1, 0.15) is 12.0 Å². The molecule has 1 rings (SSSR count). The van der Waals surface area contributed by atoms with Crippen molar-refractivity contribution in [3.05, 3.63) is 23.5 Å². The molecule has 2 unspecified atom stereocenters. The molecule has 0 aromatic rings. The van der Waals surface area contributed by atoms with Gasteiger partial charge in [-0.25, -0.2) is 0 Å². The Kier molecular flexibility index (Phi) is 6.97. The zero-order valence-corrected chi connectivity index (χ0v) is 11.8. The van der Waals surface area contributed by atoms with Crippen molar-refractivity contribution in [1.29, 1.82) is 0 Å². The normalized spacial score (nSPS) is 19.6. The maximum absolute atomic E-state index is 12.2. The van der Waals surface area contributed by atoms with Gasteiger partial charge in [0.05, 0.1) is 18.7 Å². The van der Waals surface area contributed by atoms with E-state index in [-0.39, 0.29) is 11.9 Å². The van der Waals surface area contributed by atoms with Crippen molar-refractivity contribution >= 4 is 12.2 Å². The lowest BCUT2D eigenvalue weighted by Gasteiger charge is -2.20. The van der Waals surface area contributed by atoms with Crippen LogP contribution in [0.3, 0.4) is 0 Å². The minimum absolute atomic E-state index is 0.207. The molecule has 0 saturated heterocycles. The van der Waals surface area contributed by atoms with Crippen LogP contribution in [-0.4, -0.2) is 37.9 Å². The summed E-state index contributed by atoms with van der Waals surface area (Å²) in [5, 5.41) is 2.69. The number of hydrogen-bond acceptors (Lipinski definition) is 5. The standard InChI is InChI=1S/C14H23N3O3/c1-20-13-6-5-10(16)8-12(13)14(19)17-11(9-18)4-2-3-7-15/h6,8-11H,2-5,7,15-16H2,1H3,(H,17,19). The number of carbonyl (C=O) groups excluding carboxylic acids is 2. The first kappa shape index (κ1) is 16.4. The molecule has 0 heterocycles. The van der Waals surface area contributed by atoms with Crippen molar-refractivity contribution < 1.29 is 14.3 Å². The summed E-state index contributed by atoms with van der Waals surface area (Å²) in [6, 6.07) is -0.715. The minimum atomic E-state index is -0.508. The summed E-state index contributed by atoms with van der Waals surface area (Å²) in [5.41, 5.74) is 11.6. The van der Waals surface area contributed by atoms with E-state index in [1.807, 2.05) is 0 Å². The number of aldehydes is 1. The van der Waals surface area contributed by atoms with Crippen molar-refractivity contribution in [1.82, 2.24) is 5.32 Å². The highest BCUT2D eigenvalue weighted by Crippen LogP contribution is 2.19. The number of carbonyl (C=O) groups is 2. The van der Waals surface area contributed by atoms with Gasteiger partial charge in [-0.2, -0.15) is 0 Å². The first-order chi connectivity index (χ1) is 9.62. The Labute approximate surface area is 119 Å². The summed E-state index contributed by atoms with van der Waals surface area (Å²) in [7, 11) is 1.50. The van der Waals surface area contributed by atoms with Crippen LogP contribution in [0.2, 0.25) is 0 Å². The van der Waals surface area contributed by atoms with E-state index in [1.54, 1.807) is 12.2 Å². The molecule has 0 bridgehead atoms. The molecule has 2 atom stereocenters. The first-order valence-corrected chi connectivity index (χ1v) is 6.80. The summed E-state index contributed by atoms with van der Waals surface area (Å²) < 4.78 is 5.16. The van der Waals surface area contributed by atoms with Crippen LogP contribution < -0.4 is 16.8 Å². The molecule has 0 spiro atoms. The van der Waals surface area contributed by atoms with Crippen molar-refractivity contribution in [3.63, 3.8) is 0 Å². The van der Waals surface area contributed by atoms with Gasteiger partial charge < -0.3 is 26.3 Å². The van der Waals surface area contributed by atoms with E-state index < -0.39 is 6.04 Å². The number of unbranched alkanes of at least 4 members (excludes halogenated alkanes) is 1. The third-order valence-electron chi connectivity index (χ3n) is 3.14. The third kappa shape index (κ3) is 4.79. The molecule has 6 nitrogen and oxygen atoms in total. The van der Waals surface area contributed by atoms with E-state index in [0.717, 1.165) is 19.1 Å². The summed E-state index contributed by atoms with van der Waals surface area (Å²) in [5.74, 6) is 0.161. The predicted molar refractivity (Wildman–Crippen MR) is 76.7 cm³/mol. The van der Waals surface area contributed by atoms with E-state index in [0.29, 0.717) is 30.7 Å². The van der Waals surface area contributed by atoms with E-state index in [4.69, 9.17) is 16.2 Å². The van der Waals surface area contributed by atoms with Gasteiger partial charge >= 0.3 is 0 Å². The highest BCUT2D eigenvalue weighted by Gasteiger charge is 2.22. The molecule has 0 aliphatic heterocycles. The number of nitrogens with two attached hydrogens (primary N) is 2. The summed E-state index contributed by atoms with van der Waals surface area (Å²) >= 11 is 0. The average molecular weight is 281 g/mol. The van der Waals surface area contributed by atoms with E-state index in [9.17, 15) is 9.59 Å². The molecule has 112 valence electrons. The molecule has 0 aromatic heterocycles. The van der Waals surface area contributed by atoms with Gasteiger partial charge in [-0.15, -0.1) is 0 Å². The molecule has 0 saturated carbocycles. The number of rotatable bonds is 8. The maximum atomic E-state index is 12.2. The van der Waals surface area contributed by atoms with Gasteiger partial charge in [-0.05, 0) is 38.3 Å². The van der Waals surface area contributed by atoms with Crippen LogP contribution in [-0.2, 0) is 14.3 Å². The fraction of sp³-hybridized carbons (Fsp3) is 0.571. The van der Waals surface area contributed by atoms with Crippen LogP contribution in [0.4, 0.5) is 0 Å². The second-order valence-corrected chi connectivity index (χ2v) is 4.75. The summed E-state index contributed by atoms with van der Waals surface area (Å²) in [6.07, 6.45) is 7.03. The number of methoxy groups -OCH3 is 1. The van der Waals surface area contributed by atoms with E-state index in [1.165, 1.54) is 7.11 Å². The Bertz CT molecular complexity index is 404. The largest absolute Gasteiger partial charge is 0.496 e. The Balaban J connectivity index is 2.63. The molecule has 1 aliphatic rings. The fourth-order valence-corrected chi connectivity index (χ4v) is 2.03. The zero-order valence-electron chi connectivity index (χ0n) is 11.8. The van der Waals surface area contributed by atoms with Gasteiger partial charge in [0.2, 0.25) is 0 Å². The Hall–Kier alpha value is -1.66. The molecule has 0 radical (unpaired) electrons. The van der Waals surface area contributed by atoms with Gasteiger partial charge in [-0.3, -0.25) is 4.79 Å². The Morgan fingerprint density at radius 3 is 2.95 bits per heavy atom. The maximum Gasteiger partial charge on any atom is 0.255 e. The first-order valence-electron chi connectivity index (χ1n) is 6.80. The number of nitrogens with one attached hydrogen (secondary N) is 1. The van der Waals surface area contributed by atoms with Crippen LogP contribution >= 0.6 is 0 Å². The SMILES string of the molecule is COC1=CCC(N)C=C1C(=O)NC(C=O)CCCCN. The summed E-state index contributed by atoms with van der Waals surface area (Å²) in [6.45, 7) is 0.579. The quantitative estimate of drug-likeness (QED) is 0.428. The van der Waals surface area contributed by atoms with Gasteiger partial charge in [0.25, 0.3) is 5.91 Å². The molecule has 1 aliphatic carbocycles. The van der Waals surface area contributed by atoms with Crippen LogP contribution in [0.1, 0.15) is 25.7 Å². The molecule has 0 fully saturated rings. The topological polar surface area (TPSA) is 107 Å². The van der Waals surface area contributed by atoms with Gasteiger partial charge in [-0.1, -0.05) is 6.08 Å². The molecule has 1 amide bonds. The predicted octanol–water partition coefficient (Wildman–Crippen LogP) is -0.0132. The Morgan fingerprint density at radius 1 is 1.60 bits per heavy atom. The van der Waals surface area contributed by atoms with E-state index >= 15 is 0 Å². The molecule has 6 heteroatoms. The van der Waals surface area contributed by atoms with Crippen LogP contribution in [0, 0.1) is 0 Å². The number of ether oxygens (including phenoxy) is 1. The van der Waals surface area contributed by atoms with Crippen LogP contribution in [0.5, 0.6) is 0 Å². The lowest BCUT2D eigenvalue weighted by Crippen LogP contribution is -2.38. The number of hydrogen-bond donors (Lipinski definition) is 3. The molecular weight excluding hydrogens is 258 g/mol. The second-order valence-electron chi connectivity index (χ2n) is 4.75. The third-order valence-corrected chi connectivity index (χ3v) is 3.14. The molecule has 20 heavy (non-hydrogen) atoms. The smallest absolute Gasteiger partial charge is 0.255 e. The van der Waals surface area contributed by atoms with Crippen molar-refractivity contribution in [2.75, 3.05) is 13.7 Å². The average Bonchev–Trinajstić information content (AvgIpc) is 2.46. The zero-order chi connectivity index (χ0) is 15.0. The van der Waals surface area contributed by atoms with Gasteiger partial charge in [0.15, 0.2) is 0 Å². The highest BCUT2D eigenvalue weighted by atomic mass is 16.5. The molecule has 0 aromatic carbocycles. The summed E-state index contributed by atoms with van der Waals surface area (Å²) in [4.78, 5) is 23.2. The Morgan fingerprint density at radius 2 is 2.35 bits per heavy atom. The van der Waals surface area contributed by atoms with Crippen LogP contribution in [0.15, 0.2) is 23.5 Å². The number of amides is 1. The van der Waals surface area contributed by atoms with E-state index in [2.05, 4.69) is 5.32 Å². The fourth-order valence-electron chi connectivity index (χ4n) is 2.03. The lowest BCUT2D eigenvalue weighted by molar-refractivity contribution is -0.121. The molecular formula is C14H23N3O3. The van der Waals surface area contributed by atoms with Crippen LogP contribution in [0.25, 0.3) is 0 Å². The van der Waals surface area contributed by atoms with Crippen molar-refractivity contribution in [3.8, 4) is 0 Å².